The van der Waals surface area contributed by atoms with E-state index in [0.29, 0.717) is 11.6 Å². The van der Waals surface area contributed by atoms with Gasteiger partial charge in [0.25, 0.3) is 9.05 Å². The fourth-order valence-corrected chi connectivity index (χ4v) is 2.42. The van der Waals surface area contributed by atoms with Crippen molar-refractivity contribution in [2.75, 3.05) is 0 Å². The predicted octanol–water partition coefficient (Wildman–Crippen LogP) is 2.37. The lowest BCUT2D eigenvalue weighted by Crippen LogP contribution is -2.10. The van der Waals surface area contributed by atoms with Crippen LogP contribution in [0.2, 0.25) is 0 Å². The Morgan fingerprint density at radius 3 is 2.50 bits per heavy atom. The topological polar surface area (TPSA) is 74.1 Å². The molecule has 0 aliphatic heterocycles. The summed E-state index contributed by atoms with van der Waals surface area (Å²) in [6.07, 6.45) is 1.47. The van der Waals surface area contributed by atoms with Crippen LogP contribution in [0.3, 0.4) is 0 Å². The summed E-state index contributed by atoms with van der Waals surface area (Å²) >= 11 is 0. The van der Waals surface area contributed by atoms with Crippen molar-refractivity contribution in [2.45, 2.75) is 31.4 Å². The molecule has 0 amide bonds. The monoisotopic (exact) mass is 315 g/mol. The van der Waals surface area contributed by atoms with Gasteiger partial charge in [-0.3, -0.25) is 0 Å². The smallest absolute Gasteiger partial charge is 0.261 e. The molecule has 0 saturated heterocycles. The molecule has 0 aliphatic rings. The quantitative estimate of drug-likeness (QED) is 0.792. The standard InChI is InChI=1S/C12H14ClN3O3S/c1-9(2)16-12(14-8-15-16)7-19-10-3-5-11(6-4-10)20(13,17)18/h3-6,8-9H,7H2,1-2H3. The maximum absolute atomic E-state index is 11.1. The third-order valence-electron chi connectivity index (χ3n) is 2.61. The minimum Gasteiger partial charge on any atom is -0.486 e. The number of rotatable bonds is 5. The molecule has 0 fully saturated rings. The van der Waals surface area contributed by atoms with Crippen molar-refractivity contribution >= 4 is 19.7 Å². The van der Waals surface area contributed by atoms with Gasteiger partial charge in [0.15, 0.2) is 5.82 Å². The van der Waals surface area contributed by atoms with Crippen LogP contribution in [-0.4, -0.2) is 23.2 Å². The first-order valence-electron chi connectivity index (χ1n) is 5.94. The predicted molar refractivity (Wildman–Crippen MR) is 74.2 cm³/mol. The lowest BCUT2D eigenvalue weighted by molar-refractivity contribution is 0.282. The van der Waals surface area contributed by atoms with Gasteiger partial charge in [-0.05, 0) is 38.1 Å². The SMILES string of the molecule is CC(C)n1ncnc1COc1ccc(S(=O)(=O)Cl)cc1. The Balaban J connectivity index is 2.06. The molecule has 8 heteroatoms. The average molecular weight is 316 g/mol. The molecule has 1 heterocycles. The van der Waals surface area contributed by atoms with E-state index in [1.165, 1.54) is 18.5 Å². The summed E-state index contributed by atoms with van der Waals surface area (Å²) in [4.78, 5) is 4.16. The Morgan fingerprint density at radius 1 is 1.30 bits per heavy atom. The first-order chi connectivity index (χ1) is 9.38. The summed E-state index contributed by atoms with van der Waals surface area (Å²) in [5.41, 5.74) is 0. The van der Waals surface area contributed by atoms with E-state index in [9.17, 15) is 8.42 Å². The second-order valence-electron chi connectivity index (χ2n) is 4.41. The molecular weight excluding hydrogens is 302 g/mol. The van der Waals surface area contributed by atoms with E-state index in [-0.39, 0.29) is 17.5 Å². The van der Waals surface area contributed by atoms with E-state index in [0.717, 1.165) is 0 Å². The highest BCUT2D eigenvalue weighted by atomic mass is 35.7. The number of benzene rings is 1. The molecule has 0 radical (unpaired) electrons. The average Bonchev–Trinajstić information content (AvgIpc) is 2.84. The largest absolute Gasteiger partial charge is 0.486 e. The molecule has 6 nitrogen and oxygen atoms in total. The summed E-state index contributed by atoms with van der Waals surface area (Å²) in [6.45, 7) is 4.25. The third kappa shape index (κ3) is 3.49. The van der Waals surface area contributed by atoms with Crippen LogP contribution in [0.4, 0.5) is 0 Å². The van der Waals surface area contributed by atoms with E-state index in [1.807, 2.05) is 13.8 Å². The van der Waals surface area contributed by atoms with Gasteiger partial charge in [-0.15, -0.1) is 0 Å². The third-order valence-corrected chi connectivity index (χ3v) is 3.98. The molecule has 1 aromatic carbocycles. The molecule has 108 valence electrons. The summed E-state index contributed by atoms with van der Waals surface area (Å²) in [6, 6.07) is 6.08. The van der Waals surface area contributed by atoms with Crippen molar-refractivity contribution in [3.8, 4) is 5.75 Å². The van der Waals surface area contributed by atoms with Crippen LogP contribution in [0.5, 0.6) is 5.75 Å². The molecule has 0 N–H and O–H groups in total. The van der Waals surface area contributed by atoms with Crippen LogP contribution in [0.15, 0.2) is 35.5 Å². The van der Waals surface area contributed by atoms with Crippen molar-refractivity contribution < 1.29 is 13.2 Å². The molecule has 0 unspecified atom stereocenters. The fourth-order valence-electron chi connectivity index (χ4n) is 1.65. The molecule has 2 rings (SSSR count). The van der Waals surface area contributed by atoms with Gasteiger partial charge in [-0.1, -0.05) is 0 Å². The highest BCUT2D eigenvalue weighted by molar-refractivity contribution is 8.13. The number of aromatic nitrogens is 3. The van der Waals surface area contributed by atoms with Crippen LogP contribution < -0.4 is 4.74 Å². The molecule has 20 heavy (non-hydrogen) atoms. The van der Waals surface area contributed by atoms with E-state index in [1.54, 1.807) is 16.8 Å². The summed E-state index contributed by atoms with van der Waals surface area (Å²) in [5.74, 6) is 1.24. The Labute approximate surface area is 121 Å². The Kier molecular flexibility index (Phi) is 4.29. The lowest BCUT2D eigenvalue weighted by Gasteiger charge is -2.10. The van der Waals surface area contributed by atoms with Crippen LogP contribution in [0.25, 0.3) is 0 Å². The zero-order chi connectivity index (χ0) is 14.8. The maximum Gasteiger partial charge on any atom is 0.261 e. The minimum atomic E-state index is -3.71. The van der Waals surface area contributed by atoms with Gasteiger partial charge in [0.05, 0.1) is 4.90 Å². The highest BCUT2D eigenvalue weighted by Crippen LogP contribution is 2.19. The molecule has 1 aromatic heterocycles. The van der Waals surface area contributed by atoms with Gasteiger partial charge >= 0.3 is 0 Å². The Hall–Kier alpha value is -1.60. The molecule has 0 bridgehead atoms. The highest BCUT2D eigenvalue weighted by Gasteiger charge is 2.11. The van der Waals surface area contributed by atoms with Gasteiger partial charge in [-0.25, -0.2) is 18.1 Å². The summed E-state index contributed by atoms with van der Waals surface area (Å²) in [5, 5.41) is 4.10. The van der Waals surface area contributed by atoms with Gasteiger partial charge < -0.3 is 4.74 Å². The Bertz CT molecular complexity index is 680. The summed E-state index contributed by atoms with van der Waals surface area (Å²) < 4.78 is 29.5. The van der Waals surface area contributed by atoms with E-state index in [2.05, 4.69) is 10.1 Å². The van der Waals surface area contributed by atoms with E-state index in [4.69, 9.17) is 15.4 Å². The second-order valence-corrected chi connectivity index (χ2v) is 6.98. The first kappa shape index (κ1) is 14.8. The van der Waals surface area contributed by atoms with Crippen molar-refractivity contribution in [3.63, 3.8) is 0 Å². The van der Waals surface area contributed by atoms with Crippen molar-refractivity contribution in [3.05, 3.63) is 36.4 Å². The zero-order valence-corrected chi connectivity index (χ0v) is 12.6. The van der Waals surface area contributed by atoms with E-state index < -0.39 is 9.05 Å². The van der Waals surface area contributed by atoms with Gasteiger partial charge in [0, 0.05) is 16.7 Å². The summed E-state index contributed by atoms with van der Waals surface area (Å²) in [7, 11) is 1.53. The van der Waals surface area contributed by atoms with Crippen LogP contribution in [-0.2, 0) is 15.7 Å². The normalized spacial score (nSPS) is 11.8. The van der Waals surface area contributed by atoms with Crippen LogP contribution >= 0.6 is 10.7 Å². The molecule has 2 aromatic rings. The molecular formula is C12H14ClN3O3S. The number of hydrogen-bond acceptors (Lipinski definition) is 5. The molecule has 0 saturated carbocycles. The van der Waals surface area contributed by atoms with Crippen molar-refractivity contribution in [2.24, 2.45) is 0 Å². The number of hydrogen-bond donors (Lipinski definition) is 0. The van der Waals surface area contributed by atoms with Crippen LogP contribution in [0.1, 0.15) is 25.7 Å². The van der Waals surface area contributed by atoms with Crippen LogP contribution in [0, 0.1) is 0 Å². The van der Waals surface area contributed by atoms with Gasteiger partial charge in [0.1, 0.15) is 18.7 Å². The minimum absolute atomic E-state index is 0.0388. The van der Waals surface area contributed by atoms with E-state index >= 15 is 0 Å². The lowest BCUT2D eigenvalue weighted by atomic mass is 10.3. The fraction of sp³-hybridized carbons (Fsp3) is 0.333. The second kappa shape index (κ2) is 5.80. The number of nitrogens with zero attached hydrogens (tertiary/aromatic N) is 3. The first-order valence-corrected chi connectivity index (χ1v) is 8.25. The van der Waals surface area contributed by atoms with Crippen molar-refractivity contribution in [1.29, 1.82) is 0 Å². The molecule has 0 aliphatic carbocycles. The van der Waals surface area contributed by atoms with Gasteiger partial charge in [0.2, 0.25) is 0 Å². The van der Waals surface area contributed by atoms with Crippen molar-refractivity contribution in [1.82, 2.24) is 14.8 Å². The number of ether oxygens (including phenoxy) is 1. The molecule has 0 spiro atoms. The van der Waals surface area contributed by atoms with Gasteiger partial charge in [-0.2, -0.15) is 5.10 Å². The zero-order valence-electron chi connectivity index (χ0n) is 11.0. The Morgan fingerprint density at radius 2 is 1.95 bits per heavy atom. The number of halogens is 1. The maximum atomic E-state index is 11.1. The molecule has 0 atom stereocenters.